The van der Waals surface area contributed by atoms with Gasteiger partial charge in [-0.15, -0.1) is 11.8 Å². The van der Waals surface area contributed by atoms with Gasteiger partial charge >= 0.3 is 0 Å². The number of hydrogen-bond donors (Lipinski definition) is 2. The van der Waals surface area contributed by atoms with E-state index in [1.807, 2.05) is 29.2 Å². The zero-order valence-corrected chi connectivity index (χ0v) is 40.2. The molecule has 0 saturated carbocycles. The predicted molar refractivity (Wildman–Crippen MR) is 259 cm³/mol. The first kappa shape index (κ1) is 51.8. The number of likely N-dealkylation sites (tertiary alicyclic amines) is 1. The zero-order chi connectivity index (χ0) is 49.1. The Morgan fingerprint density at radius 1 is 0.771 bits per heavy atom. The van der Waals surface area contributed by atoms with Gasteiger partial charge in [-0.3, -0.25) is 48.8 Å². The maximum atomic E-state index is 13.3. The fourth-order valence-electron chi connectivity index (χ4n) is 8.69. The smallest absolute Gasteiger partial charge is 0.263 e. The fraction of sp³-hybridized carbons (Fsp3) is 0.500. The first-order valence-corrected chi connectivity index (χ1v) is 25.1. The predicted octanol–water partition coefficient (Wildman–Crippen LogP) is 3.24. The number of hydrogen-bond acceptors (Lipinski definition) is 15. The Kier molecular flexibility index (Phi) is 19.8. The lowest BCUT2D eigenvalue weighted by Crippen LogP contribution is -2.54. The molecule has 70 heavy (non-hydrogen) atoms. The van der Waals surface area contributed by atoms with E-state index in [1.165, 1.54) is 17.8 Å². The summed E-state index contributed by atoms with van der Waals surface area (Å²) in [4.78, 5) is 104. The molecule has 0 bridgehead atoms. The number of carbonyl (C=O) groups is 7. The van der Waals surface area contributed by atoms with E-state index in [0.717, 1.165) is 61.5 Å². The number of fused-ring (bicyclic) bond motifs is 1. The number of thioether (sulfide) groups is 1. The van der Waals surface area contributed by atoms with Crippen LogP contribution in [0.4, 0.5) is 5.82 Å². The Balaban J connectivity index is 0.663. The molecule has 7 rings (SSSR count). The molecule has 374 valence electrons. The van der Waals surface area contributed by atoms with Crippen LogP contribution in [0.1, 0.15) is 81.6 Å². The van der Waals surface area contributed by atoms with Gasteiger partial charge in [-0.25, -0.2) is 4.98 Å². The average Bonchev–Trinajstić information content (AvgIpc) is 3.64. The number of nitrogens with zero attached hydrogens (tertiary/aromatic N) is 6. The maximum Gasteiger partial charge on any atom is 0.263 e. The number of imide groups is 2. The number of anilines is 1. The first-order chi connectivity index (χ1) is 34.2. The largest absolute Gasteiger partial charge is 0.378 e. The summed E-state index contributed by atoms with van der Waals surface area (Å²) in [7, 11) is 0. The molecule has 3 saturated heterocycles. The summed E-state index contributed by atoms with van der Waals surface area (Å²) in [6, 6.07) is 11.5. The molecule has 20 heteroatoms. The van der Waals surface area contributed by atoms with Crippen LogP contribution >= 0.6 is 11.8 Å². The molecule has 3 fully saturated rings. The maximum absolute atomic E-state index is 13.3. The van der Waals surface area contributed by atoms with E-state index in [2.05, 4.69) is 25.5 Å². The number of unbranched alkanes of at least 4 members (excludes halogenated alkanes) is 1. The molecule has 1 atom stereocenters. The Hall–Kier alpha value is -6.06. The van der Waals surface area contributed by atoms with Crippen molar-refractivity contribution in [2.24, 2.45) is 5.92 Å². The van der Waals surface area contributed by atoms with Crippen molar-refractivity contribution in [3.63, 3.8) is 0 Å². The molecule has 2 N–H and O–H groups in total. The zero-order valence-electron chi connectivity index (χ0n) is 39.4. The third-order valence-electron chi connectivity index (χ3n) is 12.6. The van der Waals surface area contributed by atoms with Gasteiger partial charge in [0.15, 0.2) is 0 Å². The van der Waals surface area contributed by atoms with Crippen LogP contribution in [0.2, 0.25) is 0 Å². The number of nitrogens with one attached hydrogen (secondary N) is 2. The number of benzene rings is 1. The molecule has 1 aromatic carbocycles. The van der Waals surface area contributed by atoms with Gasteiger partial charge in [0, 0.05) is 87.5 Å². The molecule has 19 nitrogen and oxygen atoms in total. The number of piperidine rings is 2. The van der Waals surface area contributed by atoms with Crippen molar-refractivity contribution in [3.05, 3.63) is 89.4 Å². The molecule has 1 unspecified atom stereocenters. The Labute approximate surface area is 412 Å². The molecular formula is C50H62N8O11S. The van der Waals surface area contributed by atoms with Gasteiger partial charge in [0.25, 0.3) is 17.7 Å². The van der Waals surface area contributed by atoms with Crippen LogP contribution in [-0.4, -0.2) is 176 Å². The van der Waals surface area contributed by atoms with Crippen molar-refractivity contribution in [1.29, 1.82) is 0 Å². The van der Waals surface area contributed by atoms with E-state index in [4.69, 9.17) is 18.9 Å². The highest BCUT2D eigenvalue weighted by molar-refractivity contribution is 7.99. The molecular weight excluding hydrogens is 921 g/mol. The second kappa shape index (κ2) is 26.8. The summed E-state index contributed by atoms with van der Waals surface area (Å²) < 4.78 is 22.4. The number of rotatable bonds is 25. The van der Waals surface area contributed by atoms with Crippen LogP contribution in [-0.2, 0) is 38.1 Å². The van der Waals surface area contributed by atoms with Gasteiger partial charge in [-0.05, 0) is 73.6 Å². The quantitative estimate of drug-likeness (QED) is 0.0539. The van der Waals surface area contributed by atoms with Crippen LogP contribution in [0.5, 0.6) is 0 Å². The summed E-state index contributed by atoms with van der Waals surface area (Å²) in [5.41, 5.74) is 1.97. The minimum Gasteiger partial charge on any atom is -0.378 e. The van der Waals surface area contributed by atoms with Gasteiger partial charge in [0.2, 0.25) is 23.6 Å². The number of carbonyl (C=O) groups excluding carboxylic acids is 7. The van der Waals surface area contributed by atoms with Crippen LogP contribution in [0, 0.1) is 5.92 Å². The minimum absolute atomic E-state index is 0.000579. The van der Waals surface area contributed by atoms with Crippen LogP contribution in [0.25, 0.3) is 6.08 Å². The molecule has 0 spiro atoms. The topological polar surface area (TPSA) is 219 Å². The second-order valence-electron chi connectivity index (χ2n) is 17.3. The van der Waals surface area contributed by atoms with Crippen molar-refractivity contribution in [3.8, 4) is 0 Å². The number of aromatic nitrogens is 2. The lowest BCUT2D eigenvalue weighted by molar-refractivity contribution is -0.137. The highest BCUT2D eigenvalue weighted by Gasteiger charge is 2.45. The van der Waals surface area contributed by atoms with Gasteiger partial charge in [0.05, 0.1) is 62.9 Å². The standard InChI is InChI=1S/C50H62N8O11S/c59-43(13-9-37-6-4-17-51-33-37)52-18-2-1-5-36-15-19-57(20-16-36)48(63)38-10-12-42(53-34-38)55-21-23-56(24-22-55)45(61)35-69-30-29-67-26-25-66-27-28-68-31-32-70-41-8-3-7-39-46(41)50(65)58(49(39)64)40-11-14-44(60)54-47(40)62/h3-4,6-10,12-13,17,33-34,36,40H,1-2,5,11,14-16,18-32,35H2,(H,52,59)(H,54,60,62)/b13-9+. The summed E-state index contributed by atoms with van der Waals surface area (Å²) >= 11 is 1.38. The van der Waals surface area contributed by atoms with Gasteiger partial charge < -0.3 is 39.0 Å². The number of piperazine rings is 1. The monoisotopic (exact) mass is 982 g/mol. The molecule has 4 aliphatic heterocycles. The average molecular weight is 983 g/mol. The molecule has 7 amide bonds. The second-order valence-corrected chi connectivity index (χ2v) is 18.4. The van der Waals surface area contributed by atoms with Gasteiger partial charge in [-0.1, -0.05) is 25.0 Å². The van der Waals surface area contributed by atoms with Crippen LogP contribution in [0.3, 0.4) is 0 Å². The van der Waals surface area contributed by atoms with Crippen molar-refractivity contribution in [2.75, 3.05) is 109 Å². The van der Waals surface area contributed by atoms with Crippen molar-refractivity contribution < 1.29 is 52.5 Å². The Morgan fingerprint density at radius 2 is 1.51 bits per heavy atom. The normalized spacial score (nSPS) is 17.6. The van der Waals surface area contributed by atoms with E-state index in [-0.39, 0.29) is 54.9 Å². The van der Waals surface area contributed by atoms with E-state index in [9.17, 15) is 33.6 Å². The molecule has 2 aromatic heterocycles. The lowest BCUT2D eigenvalue weighted by atomic mass is 9.91. The van der Waals surface area contributed by atoms with Crippen LogP contribution < -0.4 is 15.5 Å². The summed E-state index contributed by atoms with van der Waals surface area (Å²) in [6.45, 7) is 6.81. The number of amides is 7. The third kappa shape index (κ3) is 14.7. The Morgan fingerprint density at radius 3 is 2.21 bits per heavy atom. The SMILES string of the molecule is O=C(/C=C/c1cccnc1)NCCCCC1CCN(C(=O)c2ccc(N3CCN(C(=O)COCCOCCOCCOCCSc4cccc5c4C(=O)N(C4CCC(=O)NC4=O)C5=O)CC3)nc2)CC1. The van der Waals surface area contributed by atoms with Crippen molar-refractivity contribution >= 4 is 65.0 Å². The Bertz CT molecular complexity index is 2300. The first-order valence-electron chi connectivity index (χ1n) is 24.1. The van der Waals surface area contributed by atoms with Crippen molar-refractivity contribution in [1.82, 2.24) is 35.3 Å². The molecule has 0 aliphatic carbocycles. The molecule has 6 heterocycles. The summed E-state index contributed by atoms with van der Waals surface area (Å²) in [5, 5.41) is 5.15. The van der Waals surface area contributed by atoms with E-state index >= 15 is 0 Å². The highest BCUT2D eigenvalue weighted by Crippen LogP contribution is 2.34. The van der Waals surface area contributed by atoms with Crippen LogP contribution in [0.15, 0.2) is 72.0 Å². The summed E-state index contributed by atoms with van der Waals surface area (Å²) in [6.07, 6.45) is 13.5. The highest BCUT2D eigenvalue weighted by atomic mass is 32.2. The van der Waals surface area contributed by atoms with Gasteiger partial charge in [-0.2, -0.15) is 0 Å². The fourth-order valence-corrected chi connectivity index (χ4v) is 9.63. The van der Waals surface area contributed by atoms with Gasteiger partial charge in [0.1, 0.15) is 18.5 Å². The minimum atomic E-state index is -1.01. The lowest BCUT2D eigenvalue weighted by Gasteiger charge is -2.35. The van der Waals surface area contributed by atoms with E-state index in [1.54, 1.807) is 47.8 Å². The van der Waals surface area contributed by atoms with E-state index in [0.29, 0.717) is 94.5 Å². The van der Waals surface area contributed by atoms with E-state index < -0.39 is 29.7 Å². The number of ether oxygens (including phenoxy) is 4. The molecule has 4 aliphatic rings. The molecule has 3 aromatic rings. The third-order valence-corrected chi connectivity index (χ3v) is 13.6. The summed E-state index contributed by atoms with van der Waals surface area (Å²) in [5.74, 6) is -0.446. The molecule has 0 radical (unpaired) electrons. The van der Waals surface area contributed by atoms with Crippen molar-refractivity contribution in [2.45, 2.75) is 55.9 Å². The number of pyridine rings is 2.